The van der Waals surface area contributed by atoms with Gasteiger partial charge in [0, 0.05) is 25.2 Å². The monoisotopic (exact) mass is 368 g/mol. The molecular formula is C14H20N6O6. The van der Waals surface area contributed by atoms with E-state index in [0.29, 0.717) is 5.69 Å². The van der Waals surface area contributed by atoms with Crippen LogP contribution in [0.2, 0.25) is 0 Å². The topological polar surface area (TPSA) is 182 Å². The molecule has 142 valence electrons. The van der Waals surface area contributed by atoms with Gasteiger partial charge in [0.25, 0.3) is 0 Å². The van der Waals surface area contributed by atoms with Crippen molar-refractivity contribution in [1.29, 1.82) is 0 Å². The molecule has 0 fully saturated rings. The highest BCUT2D eigenvalue weighted by Crippen LogP contribution is 1.99. The van der Waals surface area contributed by atoms with Crippen LogP contribution < -0.4 is 21.3 Å². The molecule has 12 heteroatoms. The lowest BCUT2D eigenvalue weighted by Crippen LogP contribution is -2.50. The lowest BCUT2D eigenvalue weighted by molar-refractivity contribution is -0.137. The molecule has 4 amide bonds. The van der Waals surface area contributed by atoms with Gasteiger partial charge in [-0.2, -0.15) is 0 Å². The maximum atomic E-state index is 12.1. The number of rotatable bonds is 10. The quantitative estimate of drug-likeness (QED) is 0.252. The van der Waals surface area contributed by atoms with Gasteiger partial charge in [-0.3, -0.25) is 24.0 Å². The number of hydrogen-bond acceptors (Lipinski definition) is 6. The lowest BCUT2D eigenvalue weighted by atomic mass is 10.1. The molecule has 0 saturated heterocycles. The summed E-state index contributed by atoms with van der Waals surface area (Å²) >= 11 is 0. The summed E-state index contributed by atoms with van der Waals surface area (Å²) in [6, 6.07) is -0.903. The molecule has 0 bridgehead atoms. The molecule has 0 radical (unpaired) electrons. The number of aromatic amines is 1. The first-order valence-electron chi connectivity index (χ1n) is 7.55. The number of carboxylic acid groups (broad SMARTS) is 1. The summed E-state index contributed by atoms with van der Waals surface area (Å²) in [6.45, 7) is -0.136. The average Bonchev–Trinajstić information content (AvgIpc) is 3.07. The molecule has 1 atom stereocenters. The number of aromatic nitrogens is 2. The van der Waals surface area contributed by atoms with Crippen molar-refractivity contribution in [3.8, 4) is 0 Å². The molecule has 6 N–H and O–H groups in total. The van der Waals surface area contributed by atoms with Gasteiger partial charge in [-0.25, -0.2) is 4.98 Å². The Morgan fingerprint density at radius 2 is 1.69 bits per heavy atom. The van der Waals surface area contributed by atoms with Crippen molar-refractivity contribution in [2.24, 2.45) is 0 Å². The Bertz CT molecular complexity index is 659. The molecule has 0 saturated carbocycles. The molecule has 1 aromatic rings. The summed E-state index contributed by atoms with van der Waals surface area (Å²) in [7, 11) is 0. The summed E-state index contributed by atoms with van der Waals surface area (Å²) in [4.78, 5) is 63.2. The Kier molecular flexibility index (Phi) is 8.27. The standard InChI is InChI=1S/C14H20N6O6/c1-8(21)20-10(2-9-3-15-7-19-9)14(26)18-5-12(23)16-4-11(22)17-6-13(24)25/h3,7,10H,2,4-6H2,1H3,(H,15,19)(H,16,23)(H,17,22)(H,18,26)(H,20,21)(H,24,25)/t10-/m0/s1. The lowest BCUT2D eigenvalue weighted by Gasteiger charge is -2.16. The van der Waals surface area contributed by atoms with Crippen molar-refractivity contribution < 1.29 is 29.1 Å². The summed E-state index contributed by atoms with van der Waals surface area (Å²) in [5, 5.41) is 17.5. The van der Waals surface area contributed by atoms with Gasteiger partial charge in [0.15, 0.2) is 0 Å². The zero-order valence-electron chi connectivity index (χ0n) is 14.0. The van der Waals surface area contributed by atoms with Crippen molar-refractivity contribution in [3.63, 3.8) is 0 Å². The smallest absolute Gasteiger partial charge is 0.322 e. The zero-order chi connectivity index (χ0) is 19.5. The highest BCUT2D eigenvalue weighted by Gasteiger charge is 2.21. The fourth-order valence-electron chi connectivity index (χ4n) is 1.84. The maximum Gasteiger partial charge on any atom is 0.322 e. The van der Waals surface area contributed by atoms with Crippen LogP contribution in [0.25, 0.3) is 0 Å². The highest BCUT2D eigenvalue weighted by atomic mass is 16.4. The maximum absolute atomic E-state index is 12.1. The minimum atomic E-state index is -1.21. The molecule has 0 aromatic carbocycles. The molecule has 26 heavy (non-hydrogen) atoms. The van der Waals surface area contributed by atoms with E-state index in [-0.39, 0.29) is 6.42 Å². The third kappa shape index (κ3) is 8.42. The van der Waals surface area contributed by atoms with E-state index in [4.69, 9.17) is 5.11 Å². The second-order valence-electron chi connectivity index (χ2n) is 5.20. The van der Waals surface area contributed by atoms with E-state index in [2.05, 4.69) is 31.2 Å². The second kappa shape index (κ2) is 10.4. The summed E-state index contributed by atoms with van der Waals surface area (Å²) in [6.07, 6.45) is 3.09. The van der Waals surface area contributed by atoms with Gasteiger partial charge in [-0.1, -0.05) is 0 Å². The largest absolute Gasteiger partial charge is 0.480 e. The number of carbonyl (C=O) groups is 5. The number of nitrogens with one attached hydrogen (secondary N) is 5. The SMILES string of the molecule is CC(=O)N[C@@H](Cc1cnc[nH]1)C(=O)NCC(=O)NCC(=O)NCC(=O)O. The third-order valence-corrected chi connectivity index (χ3v) is 2.98. The number of hydrogen-bond donors (Lipinski definition) is 6. The fourth-order valence-corrected chi connectivity index (χ4v) is 1.84. The summed E-state index contributed by atoms with van der Waals surface area (Å²) < 4.78 is 0. The van der Waals surface area contributed by atoms with Gasteiger partial charge >= 0.3 is 5.97 Å². The number of carbonyl (C=O) groups excluding carboxylic acids is 4. The minimum Gasteiger partial charge on any atom is -0.480 e. The average molecular weight is 368 g/mol. The Labute approximate surface area is 148 Å². The van der Waals surface area contributed by atoms with Crippen LogP contribution in [0.1, 0.15) is 12.6 Å². The van der Waals surface area contributed by atoms with Gasteiger partial charge in [0.1, 0.15) is 12.6 Å². The molecule has 12 nitrogen and oxygen atoms in total. The van der Waals surface area contributed by atoms with Crippen molar-refractivity contribution in [3.05, 3.63) is 18.2 Å². The number of nitrogens with zero attached hydrogens (tertiary/aromatic N) is 1. The van der Waals surface area contributed by atoms with Crippen molar-refractivity contribution in [2.45, 2.75) is 19.4 Å². The first-order chi connectivity index (χ1) is 12.3. The molecule has 0 aliphatic carbocycles. The van der Waals surface area contributed by atoms with Crippen LogP contribution in [0.5, 0.6) is 0 Å². The summed E-state index contributed by atoms with van der Waals surface area (Å²) in [5.74, 6) is -3.53. The van der Waals surface area contributed by atoms with Gasteiger partial charge in [-0.15, -0.1) is 0 Å². The fraction of sp³-hybridized carbons (Fsp3) is 0.429. The number of aliphatic carboxylic acids is 1. The van der Waals surface area contributed by atoms with Crippen LogP contribution >= 0.6 is 0 Å². The molecule has 1 aromatic heterocycles. The number of H-pyrrole nitrogens is 1. The van der Waals surface area contributed by atoms with Crippen LogP contribution in [0, 0.1) is 0 Å². The van der Waals surface area contributed by atoms with Crippen LogP contribution in [-0.4, -0.2) is 70.3 Å². The second-order valence-corrected chi connectivity index (χ2v) is 5.20. The van der Waals surface area contributed by atoms with Crippen molar-refractivity contribution >= 4 is 29.6 Å². The van der Waals surface area contributed by atoms with Crippen LogP contribution in [0.15, 0.2) is 12.5 Å². The first kappa shape index (κ1) is 20.6. The molecule has 1 rings (SSSR count). The van der Waals surface area contributed by atoms with E-state index >= 15 is 0 Å². The molecule has 0 spiro atoms. The van der Waals surface area contributed by atoms with E-state index < -0.39 is 55.3 Å². The van der Waals surface area contributed by atoms with Gasteiger partial charge in [0.2, 0.25) is 23.6 Å². The first-order valence-corrected chi connectivity index (χ1v) is 7.55. The Balaban J connectivity index is 2.40. The van der Waals surface area contributed by atoms with Gasteiger partial charge in [0.05, 0.1) is 19.4 Å². The van der Waals surface area contributed by atoms with Crippen LogP contribution in [-0.2, 0) is 30.4 Å². The normalized spacial score (nSPS) is 11.1. The predicted octanol–water partition coefficient (Wildman–Crippen LogP) is -3.11. The predicted molar refractivity (Wildman–Crippen MR) is 86.6 cm³/mol. The number of carboxylic acids is 1. The van der Waals surface area contributed by atoms with Gasteiger partial charge in [-0.05, 0) is 0 Å². The van der Waals surface area contributed by atoms with Crippen molar-refractivity contribution in [2.75, 3.05) is 19.6 Å². The molecule has 0 aliphatic heterocycles. The zero-order valence-corrected chi connectivity index (χ0v) is 14.0. The van der Waals surface area contributed by atoms with E-state index in [9.17, 15) is 24.0 Å². The minimum absolute atomic E-state index is 0.157. The summed E-state index contributed by atoms with van der Waals surface area (Å²) in [5.41, 5.74) is 0.624. The highest BCUT2D eigenvalue weighted by molar-refractivity contribution is 5.91. The number of imidazole rings is 1. The Morgan fingerprint density at radius 1 is 1.08 bits per heavy atom. The third-order valence-electron chi connectivity index (χ3n) is 2.98. The molecule has 0 unspecified atom stereocenters. The van der Waals surface area contributed by atoms with Crippen LogP contribution in [0.4, 0.5) is 0 Å². The van der Waals surface area contributed by atoms with Crippen LogP contribution in [0.3, 0.4) is 0 Å². The molecular weight excluding hydrogens is 348 g/mol. The van der Waals surface area contributed by atoms with E-state index in [1.165, 1.54) is 19.4 Å². The Hall–Kier alpha value is -3.44. The molecule has 0 aliphatic rings. The van der Waals surface area contributed by atoms with Crippen molar-refractivity contribution in [1.82, 2.24) is 31.2 Å². The number of amides is 4. The van der Waals surface area contributed by atoms with E-state index in [0.717, 1.165) is 0 Å². The van der Waals surface area contributed by atoms with E-state index in [1.54, 1.807) is 0 Å². The van der Waals surface area contributed by atoms with E-state index in [1.807, 2.05) is 0 Å². The molecule has 1 heterocycles. The Morgan fingerprint density at radius 3 is 2.23 bits per heavy atom. The van der Waals surface area contributed by atoms with Gasteiger partial charge < -0.3 is 31.4 Å².